The van der Waals surface area contributed by atoms with Gasteiger partial charge in [0.05, 0.1) is 10.6 Å². The second-order valence-corrected chi connectivity index (χ2v) is 13.6. The average Bonchev–Trinajstić information content (AvgIpc) is 2.89. The minimum atomic E-state index is -4.11. The van der Waals surface area contributed by atoms with E-state index in [9.17, 15) is 18.0 Å². The molecule has 0 aliphatic carbocycles. The van der Waals surface area contributed by atoms with Crippen LogP contribution in [0.5, 0.6) is 0 Å². The molecule has 0 spiro atoms. The molecule has 1 atom stereocenters. The second kappa shape index (κ2) is 12.9. The Labute approximate surface area is 245 Å². The van der Waals surface area contributed by atoms with E-state index in [0.717, 1.165) is 27.8 Å². The van der Waals surface area contributed by atoms with Crippen molar-refractivity contribution in [3.8, 4) is 0 Å². The van der Waals surface area contributed by atoms with E-state index in [-0.39, 0.29) is 17.3 Å². The highest BCUT2D eigenvalue weighted by Gasteiger charge is 2.35. The van der Waals surface area contributed by atoms with Crippen molar-refractivity contribution < 1.29 is 18.0 Å². The van der Waals surface area contributed by atoms with Crippen LogP contribution in [0.15, 0.2) is 71.6 Å². The van der Waals surface area contributed by atoms with Gasteiger partial charge in [0.25, 0.3) is 10.0 Å². The molecule has 0 saturated heterocycles. The predicted octanol–water partition coefficient (Wildman–Crippen LogP) is 5.84. The Morgan fingerprint density at radius 3 is 1.95 bits per heavy atom. The third-order valence-electron chi connectivity index (χ3n) is 7.09. The number of nitrogens with one attached hydrogen (secondary N) is 1. The minimum absolute atomic E-state index is 0.0967. The summed E-state index contributed by atoms with van der Waals surface area (Å²) in [5.41, 5.74) is 4.47. The lowest BCUT2D eigenvalue weighted by atomic mass is 10.0. The number of aryl methyl sites for hydroxylation is 3. The van der Waals surface area contributed by atoms with Gasteiger partial charge in [-0.1, -0.05) is 66.6 Å². The molecule has 0 bridgehead atoms. The molecule has 0 aliphatic heterocycles. The first-order chi connectivity index (χ1) is 19.1. The molecular formula is C33H43N3O4S. The van der Waals surface area contributed by atoms with Crippen LogP contribution in [0.25, 0.3) is 0 Å². The van der Waals surface area contributed by atoms with Crippen LogP contribution in [-0.4, -0.2) is 43.3 Å². The molecular weight excluding hydrogens is 534 g/mol. The van der Waals surface area contributed by atoms with E-state index in [1.807, 2.05) is 85.7 Å². The third-order valence-corrected chi connectivity index (χ3v) is 8.86. The molecule has 220 valence electrons. The SMILES string of the molecule is CCC(C(=O)NC(C)(C)C)N(Cc1ccc(C)cc1)C(=O)CN(c1cccc(C)c1C)S(=O)(=O)c1ccc(C)cc1. The number of rotatable bonds is 10. The van der Waals surface area contributed by atoms with Crippen molar-refractivity contribution >= 4 is 27.5 Å². The standard InChI is InChI=1S/C33H43N3O4S/c1-9-29(32(38)34-33(6,7)8)35(21-27-17-13-23(2)14-18-27)31(37)22-36(30-12-10-11-25(4)26(30)5)41(39,40)28-19-15-24(3)16-20-28/h10-20,29H,9,21-22H2,1-8H3,(H,34,38). The Morgan fingerprint density at radius 1 is 0.854 bits per heavy atom. The first-order valence-corrected chi connectivity index (χ1v) is 15.4. The number of carbonyl (C=O) groups excluding carboxylic acids is 2. The molecule has 1 N–H and O–H groups in total. The van der Waals surface area contributed by atoms with E-state index in [4.69, 9.17) is 0 Å². The summed E-state index contributed by atoms with van der Waals surface area (Å²) in [7, 11) is -4.11. The smallest absolute Gasteiger partial charge is 0.264 e. The van der Waals surface area contributed by atoms with E-state index in [1.54, 1.807) is 36.4 Å². The number of anilines is 1. The summed E-state index contributed by atoms with van der Waals surface area (Å²) in [5.74, 6) is -0.738. The highest BCUT2D eigenvalue weighted by atomic mass is 32.2. The van der Waals surface area contributed by atoms with Crippen molar-refractivity contribution in [1.29, 1.82) is 0 Å². The summed E-state index contributed by atoms with van der Waals surface area (Å²) in [6.45, 7) is 14.9. The lowest BCUT2D eigenvalue weighted by molar-refractivity contribution is -0.141. The molecule has 3 aromatic rings. The van der Waals surface area contributed by atoms with Crippen molar-refractivity contribution in [2.75, 3.05) is 10.8 Å². The van der Waals surface area contributed by atoms with Crippen LogP contribution < -0.4 is 9.62 Å². The van der Waals surface area contributed by atoms with Crippen molar-refractivity contribution in [1.82, 2.24) is 10.2 Å². The Hall–Kier alpha value is -3.65. The summed E-state index contributed by atoms with van der Waals surface area (Å²) in [6, 6.07) is 19.0. The van der Waals surface area contributed by atoms with E-state index >= 15 is 0 Å². The van der Waals surface area contributed by atoms with Gasteiger partial charge in [0.2, 0.25) is 11.8 Å². The molecule has 0 saturated carbocycles. The fourth-order valence-electron chi connectivity index (χ4n) is 4.62. The third kappa shape index (κ3) is 7.97. The predicted molar refractivity (Wildman–Crippen MR) is 165 cm³/mol. The molecule has 7 nitrogen and oxygen atoms in total. The van der Waals surface area contributed by atoms with Crippen LogP contribution in [0.1, 0.15) is 61.9 Å². The minimum Gasteiger partial charge on any atom is -0.350 e. The highest BCUT2D eigenvalue weighted by molar-refractivity contribution is 7.92. The number of hydrogen-bond acceptors (Lipinski definition) is 4. The van der Waals surface area contributed by atoms with Gasteiger partial charge >= 0.3 is 0 Å². The van der Waals surface area contributed by atoms with Crippen molar-refractivity contribution in [2.24, 2.45) is 0 Å². The van der Waals surface area contributed by atoms with Gasteiger partial charge in [0, 0.05) is 12.1 Å². The molecule has 3 aromatic carbocycles. The molecule has 8 heteroatoms. The average molecular weight is 578 g/mol. The lowest BCUT2D eigenvalue weighted by Crippen LogP contribution is -2.55. The summed E-state index contributed by atoms with van der Waals surface area (Å²) < 4.78 is 29.4. The van der Waals surface area contributed by atoms with Gasteiger partial charge in [-0.25, -0.2) is 8.42 Å². The number of amides is 2. The molecule has 0 radical (unpaired) electrons. The van der Waals surface area contributed by atoms with E-state index in [2.05, 4.69) is 5.32 Å². The Balaban J connectivity index is 2.11. The maximum absolute atomic E-state index is 14.2. The molecule has 0 fully saturated rings. The number of hydrogen-bond donors (Lipinski definition) is 1. The fourth-order valence-corrected chi connectivity index (χ4v) is 6.09. The Kier molecular flexibility index (Phi) is 10.0. The van der Waals surface area contributed by atoms with Crippen LogP contribution in [-0.2, 0) is 26.2 Å². The topological polar surface area (TPSA) is 86.8 Å². The second-order valence-electron chi connectivity index (χ2n) is 11.7. The Morgan fingerprint density at radius 2 is 1.41 bits per heavy atom. The lowest BCUT2D eigenvalue weighted by Gasteiger charge is -2.35. The highest BCUT2D eigenvalue weighted by Crippen LogP contribution is 2.29. The zero-order valence-electron chi connectivity index (χ0n) is 25.5. The van der Waals surface area contributed by atoms with Gasteiger partial charge in [-0.3, -0.25) is 13.9 Å². The van der Waals surface area contributed by atoms with Gasteiger partial charge in [-0.05, 0) is 89.8 Å². The number of sulfonamides is 1. The zero-order chi connectivity index (χ0) is 30.5. The molecule has 2 amide bonds. The fraction of sp³-hybridized carbons (Fsp3) is 0.394. The normalized spacial score (nSPS) is 12.5. The van der Waals surface area contributed by atoms with Crippen molar-refractivity contribution in [3.05, 3.63) is 94.5 Å². The van der Waals surface area contributed by atoms with Crippen molar-refractivity contribution in [3.63, 3.8) is 0 Å². The monoisotopic (exact) mass is 577 g/mol. The molecule has 0 aromatic heterocycles. The van der Waals surface area contributed by atoms with Crippen LogP contribution in [0.4, 0.5) is 5.69 Å². The first-order valence-electron chi connectivity index (χ1n) is 14.0. The van der Waals surface area contributed by atoms with Gasteiger partial charge in [0.1, 0.15) is 12.6 Å². The number of carbonyl (C=O) groups is 2. The van der Waals surface area contributed by atoms with Crippen LogP contribution >= 0.6 is 0 Å². The van der Waals surface area contributed by atoms with E-state index in [1.165, 1.54) is 9.21 Å². The number of nitrogens with zero attached hydrogens (tertiary/aromatic N) is 2. The summed E-state index contributed by atoms with van der Waals surface area (Å²) in [6.07, 6.45) is 0.369. The summed E-state index contributed by atoms with van der Waals surface area (Å²) in [4.78, 5) is 29.3. The van der Waals surface area contributed by atoms with Crippen LogP contribution in [0.2, 0.25) is 0 Å². The summed E-state index contributed by atoms with van der Waals surface area (Å²) in [5, 5.41) is 3.00. The molecule has 0 aliphatic rings. The quantitative estimate of drug-likeness (QED) is 0.328. The van der Waals surface area contributed by atoms with Crippen LogP contribution in [0, 0.1) is 27.7 Å². The van der Waals surface area contributed by atoms with Gasteiger partial charge in [-0.15, -0.1) is 0 Å². The maximum atomic E-state index is 14.2. The van der Waals surface area contributed by atoms with Gasteiger partial charge in [-0.2, -0.15) is 0 Å². The molecule has 3 rings (SSSR count). The van der Waals surface area contributed by atoms with E-state index < -0.39 is 34.1 Å². The molecule has 1 unspecified atom stereocenters. The summed E-state index contributed by atoms with van der Waals surface area (Å²) >= 11 is 0. The zero-order valence-corrected chi connectivity index (χ0v) is 26.3. The van der Waals surface area contributed by atoms with Crippen molar-refractivity contribution in [2.45, 2.75) is 84.8 Å². The molecule has 0 heterocycles. The van der Waals surface area contributed by atoms with E-state index in [0.29, 0.717) is 12.1 Å². The largest absolute Gasteiger partial charge is 0.350 e. The van der Waals surface area contributed by atoms with Crippen LogP contribution in [0.3, 0.4) is 0 Å². The Bertz CT molecular complexity index is 1470. The molecule has 41 heavy (non-hydrogen) atoms. The number of benzene rings is 3. The maximum Gasteiger partial charge on any atom is 0.264 e. The van der Waals surface area contributed by atoms with Gasteiger partial charge in [0.15, 0.2) is 0 Å². The van der Waals surface area contributed by atoms with Gasteiger partial charge < -0.3 is 10.2 Å². The first kappa shape index (κ1) is 31.9.